The van der Waals surface area contributed by atoms with E-state index in [1.165, 1.54) is 12.1 Å². The molecule has 27 heavy (non-hydrogen) atoms. The van der Waals surface area contributed by atoms with Crippen molar-refractivity contribution in [3.8, 4) is 0 Å². The Bertz CT molecular complexity index is 1040. The lowest BCUT2D eigenvalue weighted by atomic mass is 10.1. The fourth-order valence-electron chi connectivity index (χ4n) is 2.95. The SMILES string of the molecule is Cc1ccc(N2C(=O)C(=Cc3ccc(F)cc3)N=C2c2ccccc2)cc1. The summed E-state index contributed by atoms with van der Waals surface area (Å²) in [5.41, 5.74) is 3.78. The van der Waals surface area contributed by atoms with Gasteiger partial charge in [0.05, 0.1) is 5.69 Å². The number of aryl methyl sites for hydroxylation is 1. The molecule has 0 saturated heterocycles. The van der Waals surface area contributed by atoms with Gasteiger partial charge in [-0.05, 0) is 42.8 Å². The molecule has 0 N–H and O–H groups in total. The van der Waals surface area contributed by atoms with Crippen LogP contribution >= 0.6 is 0 Å². The summed E-state index contributed by atoms with van der Waals surface area (Å²) < 4.78 is 13.2. The van der Waals surface area contributed by atoms with Gasteiger partial charge in [0.25, 0.3) is 5.91 Å². The molecule has 132 valence electrons. The Kier molecular flexibility index (Phi) is 4.38. The van der Waals surface area contributed by atoms with Gasteiger partial charge in [-0.3, -0.25) is 9.69 Å². The first-order valence-corrected chi connectivity index (χ1v) is 8.64. The number of amidine groups is 1. The Hall–Kier alpha value is -3.53. The standard InChI is InChI=1S/C23H17FN2O/c1-16-7-13-20(14-8-16)26-22(18-5-3-2-4-6-18)25-21(23(26)27)15-17-9-11-19(24)12-10-17/h2-15H,1H3. The quantitative estimate of drug-likeness (QED) is 0.610. The third kappa shape index (κ3) is 3.42. The smallest absolute Gasteiger partial charge is 0.266 e. The molecule has 0 atom stereocenters. The zero-order valence-electron chi connectivity index (χ0n) is 14.8. The minimum atomic E-state index is -0.315. The predicted octanol–water partition coefficient (Wildman–Crippen LogP) is 4.97. The molecule has 1 heterocycles. The lowest BCUT2D eigenvalue weighted by Gasteiger charge is -2.18. The maximum atomic E-state index is 13.2. The summed E-state index contributed by atoms with van der Waals surface area (Å²) in [4.78, 5) is 19.3. The molecule has 0 unspecified atom stereocenters. The predicted molar refractivity (Wildman–Crippen MR) is 106 cm³/mol. The number of carbonyl (C=O) groups is 1. The molecule has 0 bridgehead atoms. The van der Waals surface area contributed by atoms with Crippen LogP contribution in [0.2, 0.25) is 0 Å². The molecule has 1 amide bonds. The highest BCUT2D eigenvalue weighted by Gasteiger charge is 2.32. The van der Waals surface area contributed by atoms with Gasteiger partial charge in [0.15, 0.2) is 0 Å². The fraction of sp³-hybridized carbons (Fsp3) is 0.0435. The summed E-state index contributed by atoms with van der Waals surface area (Å²) in [6.45, 7) is 2.00. The molecule has 3 aromatic rings. The van der Waals surface area contributed by atoms with Gasteiger partial charge in [-0.2, -0.15) is 0 Å². The zero-order valence-corrected chi connectivity index (χ0v) is 14.8. The number of anilines is 1. The molecular weight excluding hydrogens is 339 g/mol. The number of halogens is 1. The number of nitrogens with zero attached hydrogens (tertiary/aromatic N) is 2. The first-order chi connectivity index (χ1) is 13.1. The van der Waals surface area contributed by atoms with E-state index in [4.69, 9.17) is 0 Å². The van der Waals surface area contributed by atoms with Gasteiger partial charge in [-0.25, -0.2) is 9.38 Å². The van der Waals surface area contributed by atoms with Crippen molar-refractivity contribution in [3.05, 3.63) is 107 Å². The summed E-state index contributed by atoms with van der Waals surface area (Å²) >= 11 is 0. The van der Waals surface area contributed by atoms with Crippen LogP contribution in [0.3, 0.4) is 0 Å². The molecule has 1 aliphatic heterocycles. The van der Waals surface area contributed by atoms with Gasteiger partial charge in [0.1, 0.15) is 17.3 Å². The Morgan fingerprint density at radius 3 is 2.22 bits per heavy atom. The molecule has 0 fully saturated rings. The van der Waals surface area contributed by atoms with Crippen molar-refractivity contribution >= 4 is 23.5 Å². The van der Waals surface area contributed by atoms with E-state index in [2.05, 4.69) is 4.99 Å². The molecule has 1 aliphatic rings. The van der Waals surface area contributed by atoms with E-state index in [0.717, 1.165) is 22.4 Å². The Morgan fingerprint density at radius 2 is 1.56 bits per heavy atom. The molecular formula is C23H17FN2O. The molecule has 0 saturated carbocycles. The monoisotopic (exact) mass is 356 g/mol. The van der Waals surface area contributed by atoms with Crippen LogP contribution in [0, 0.1) is 12.7 Å². The first-order valence-electron chi connectivity index (χ1n) is 8.64. The summed E-state index contributed by atoms with van der Waals surface area (Å²) in [5, 5.41) is 0. The molecule has 4 heteroatoms. The summed E-state index contributed by atoms with van der Waals surface area (Å²) in [7, 11) is 0. The number of carbonyl (C=O) groups excluding carboxylic acids is 1. The Morgan fingerprint density at radius 1 is 0.889 bits per heavy atom. The molecule has 3 nitrogen and oxygen atoms in total. The van der Waals surface area contributed by atoms with E-state index in [1.54, 1.807) is 23.1 Å². The lowest BCUT2D eigenvalue weighted by molar-refractivity contribution is -0.113. The van der Waals surface area contributed by atoms with Gasteiger partial charge in [0, 0.05) is 5.56 Å². The normalized spacial score (nSPS) is 15.3. The van der Waals surface area contributed by atoms with Crippen molar-refractivity contribution in [1.29, 1.82) is 0 Å². The van der Waals surface area contributed by atoms with Crippen LogP contribution in [0.15, 0.2) is 89.6 Å². The van der Waals surface area contributed by atoms with Gasteiger partial charge < -0.3 is 0 Å². The van der Waals surface area contributed by atoms with Crippen molar-refractivity contribution in [1.82, 2.24) is 0 Å². The van der Waals surface area contributed by atoms with E-state index in [-0.39, 0.29) is 11.7 Å². The second kappa shape index (κ2) is 7.00. The second-order valence-corrected chi connectivity index (χ2v) is 6.36. The minimum Gasteiger partial charge on any atom is -0.266 e. The summed E-state index contributed by atoms with van der Waals surface area (Å²) in [6.07, 6.45) is 1.68. The molecule has 0 radical (unpaired) electrons. The van der Waals surface area contributed by atoms with Crippen LogP contribution in [0.4, 0.5) is 10.1 Å². The Labute approximate surface area is 157 Å². The highest BCUT2D eigenvalue weighted by Crippen LogP contribution is 2.28. The van der Waals surface area contributed by atoms with E-state index >= 15 is 0 Å². The van der Waals surface area contributed by atoms with Crippen molar-refractivity contribution < 1.29 is 9.18 Å². The largest absolute Gasteiger partial charge is 0.282 e. The highest BCUT2D eigenvalue weighted by molar-refractivity contribution is 6.33. The third-order valence-corrected chi connectivity index (χ3v) is 4.36. The number of hydrogen-bond acceptors (Lipinski definition) is 2. The maximum absolute atomic E-state index is 13.2. The molecule has 0 aliphatic carbocycles. The average molecular weight is 356 g/mol. The van der Waals surface area contributed by atoms with Gasteiger partial charge >= 0.3 is 0 Å². The topological polar surface area (TPSA) is 32.7 Å². The third-order valence-electron chi connectivity index (χ3n) is 4.36. The maximum Gasteiger partial charge on any atom is 0.282 e. The molecule has 0 aromatic heterocycles. The van der Waals surface area contributed by atoms with Crippen LogP contribution in [0.25, 0.3) is 6.08 Å². The second-order valence-electron chi connectivity index (χ2n) is 6.36. The first kappa shape index (κ1) is 16.9. The highest BCUT2D eigenvalue weighted by atomic mass is 19.1. The number of rotatable bonds is 3. The molecule has 3 aromatic carbocycles. The number of hydrogen-bond donors (Lipinski definition) is 0. The fourth-order valence-corrected chi connectivity index (χ4v) is 2.95. The van der Waals surface area contributed by atoms with Crippen LogP contribution in [0.1, 0.15) is 16.7 Å². The van der Waals surface area contributed by atoms with Crippen LogP contribution in [-0.4, -0.2) is 11.7 Å². The van der Waals surface area contributed by atoms with Crippen molar-refractivity contribution in [2.75, 3.05) is 4.90 Å². The molecule has 0 spiro atoms. The van der Waals surface area contributed by atoms with Crippen LogP contribution in [-0.2, 0) is 4.79 Å². The van der Waals surface area contributed by atoms with Crippen LogP contribution < -0.4 is 4.90 Å². The molecule has 4 rings (SSSR count). The minimum absolute atomic E-state index is 0.206. The van der Waals surface area contributed by atoms with Crippen molar-refractivity contribution in [3.63, 3.8) is 0 Å². The lowest BCUT2D eigenvalue weighted by Crippen LogP contribution is -2.32. The van der Waals surface area contributed by atoms with E-state index in [1.807, 2.05) is 61.5 Å². The average Bonchev–Trinajstić information content (AvgIpc) is 3.01. The van der Waals surface area contributed by atoms with Crippen molar-refractivity contribution in [2.24, 2.45) is 4.99 Å². The van der Waals surface area contributed by atoms with E-state index < -0.39 is 0 Å². The summed E-state index contributed by atoms with van der Waals surface area (Å²) in [5.74, 6) is 0.0597. The summed E-state index contributed by atoms with van der Waals surface area (Å²) in [6, 6.07) is 23.3. The van der Waals surface area contributed by atoms with Crippen LogP contribution in [0.5, 0.6) is 0 Å². The number of benzene rings is 3. The Balaban J connectivity index is 1.80. The van der Waals surface area contributed by atoms with E-state index in [9.17, 15) is 9.18 Å². The zero-order chi connectivity index (χ0) is 18.8. The number of aliphatic imine (C=N–C) groups is 1. The van der Waals surface area contributed by atoms with Gasteiger partial charge in [0.2, 0.25) is 0 Å². The van der Waals surface area contributed by atoms with E-state index in [0.29, 0.717) is 11.5 Å². The van der Waals surface area contributed by atoms with Gasteiger partial charge in [-0.15, -0.1) is 0 Å². The van der Waals surface area contributed by atoms with Crippen molar-refractivity contribution in [2.45, 2.75) is 6.92 Å². The van der Waals surface area contributed by atoms with Gasteiger partial charge in [-0.1, -0.05) is 60.2 Å². The number of amides is 1.